The van der Waals surface area contributed by atoms with E-state index in [2.05, 4.69) is 26.2 Å². The third-order valence-electron chi connectivity index (χ3n) is 3.94. The van der Waals surface area contributed by atoms with E-state index in [4.69, 9.17) is 0 Å². The van der Waals surface area contributed by atoms with Crippen LogP contribution in [-0.2, 0) is 0 Å². The molecule has 2 N–H and O–H groups in total. The molecule has 1 aliphatic rings. The van der Waals surface area contributed by atoms with Gasteiger partial charge in [-0.1, -0.05) is 19.3 Å². The third-order valence-corrected chi connectivity index (χ3v) is 4.55. The Kier molecular flexibility index (Phi) is 5.54. The average Bonchev–Trinajstić information content (AvgIpc) is 2.63. The molecule has 2 rings (SSSR count). The standard InChI is InChI=1S/C15H21BrN2O2/c1-10-7-8-12(14(16)17-10)15(20)18-13-6-4-2-3-5-11(13)9-19/h7-8,11,13,19H,2-6,9H2,1H3,(H,18,20). The van der Waals surface area contributed by atoms with Crippen molar-refractivity contribution in [3.8, 4) is 0 Å². The fourth-order valence-electron chi connectivity index (χ4n) is 2.73. The molecule has 0 spiro atoms. The van der Waals surface area contributed by atoms with Crippen LogP contribution in [0.2, 0.25) is 0 Å². The Morgan fingerprint density at radius 2 is 2.15 bits per heavy atom. The summed E-state index contributed by atoms with van der Waals surface area (Å²) in [6.07, 6.45) is 5.34. The van der Waals surface area contributed by atoms with E-state index in [-0.39, 0.29) is 24.5 Å². The van der Waals surface area contributed by atoms with Crippen LogP contribution in [0.25, 0.3) is 0 Å². The van der Waals surface area contributed by atoms with Crippen LogP contribution >= 0.6 is 15.9 Å². The molecule has 0 saturated heterocycles. The van der Waals surface area contributed by atoms with Gasteiger partial charge in [0, 0.05) is 24.3 Å². The Bertz CT molecular complexity index is 479. The molecular formula is C15H21BrN2O2. The van der Waals surface area contributed by atoms with Crippen LogP contribution in [-0.4, -0.2) is 28.6 Å². The van der Waals surface area contributed by atoms with E-state index in [9.17, 15) is 9.90 Å². The topological polar surface area (TPSA) is 62.2 Å². The van der Waals surface area contributed by atoms with Crippen molar-refractivity contribution in [2.24, 2.45) is 5.92 Å². The first-order chi connectivity index (χ1) is 9.61. The number of aliphatic hydroxyl groups is 1. The van der Waals surface area contributed by atoms with Gasteiger partial charge in [-0.15, -0.1) is 0 Å². The number of hydrogen-bond acceptors (Lipinski definition) is 3. The highest BCUT2D eigenvalue weighted by atomic mass is 79.9. The molecule has 2 atom stereocenters. The molecule has 0 bridgehead atoms. The van der Waals surface area contributed by atoms with Gasteiger partial charge in [0.05, 0.1) is 5.56 Å². The number of aryl methyl sites for hydroxylation is 1. The largest absolute Gasteiger partial charge is 0.396 e. The van der Waals surface area contributed by atoms with Gasteiger partial charge in [0.25, 0.3) is 5.91 Å². The number of rotatable bonds is 3. The minimum absolute atomic E-state index is 0.0585. The van der Waals surface area contributed by atoms with Crippen molar-refractivity contribution in [2.75, 3.05) is 6.61 Å². The Balaban J connectivity index is 2.09. The predicted octanol–water partition coefficient (Wildman–Crippen LogP) is 2.82. The second kappa shape index (κ2) is 7.18. The van der Waals surface area contributed by atoms with E-state index in [0.717, 1.165) is 31.4 Å². The first-order valence-electron chi connectivity index (χ1n) is 7.16. The molecule has 1 fully saturated rings. The van der Waals surface area contributed by atoms with Crippen LogP contribution in [0, 0.1) is 12.8 Å². The molecule has 1 heterocycles. The number of amides is 1. The van der Waals surface area contributed by atoms with Crippen molar-refractivity contribution >= 4 is 21.8 Å². The van der Waals surface area contributed by atoms with Crippen LogP contribution in [0.15, 0.2) is 16.7 Å². The molecule has 0 aliphatic heterocycles. The van der Waals surface area contributed by atoms with Crippen LogP contribution in [0.5, 0.6) is 0 Å². The lowest BCUT2D eigenvalue weighted by Crippen LogP contribution is -2.41. The fraction of sp³-hybridized carbons (Fsp3) is 0.600. The lowest BCUT2D eigenvalue weighted by molar-refractivity contribution is 0.0898. The lowest BCUT2D eigenvalue weighted by atomic mass is 9.95. The quantitative estimate of drug-likeness (QED) is 0.656. The summed E-state index contributed by atoms with van der Waals surface area (Å²) in [5.74, 6) is 0.0494. The number of carbonyl (C=O) groups excluding carboxylic acids is 1. The molecule has 4 nitrogen and oxygen atoms in total. The Hall–Kier alpha value is -0.940. The molecule has 110 valence electrons. The van der Waals surface area contributed by atoms with E-state index in [1.807, 2.05) is 13.0 Å². The minimum atomic E-state index is -0.116. The number of aromatic nitrogens is 1. The molecule has 2 unspecified atom stereocenters. The van der Waals surface area contributed by atoms with Crippen molar-refractivity contribution in [1.29, 1.82) is 0 Å². The molecule has 1 aliphatic carbocycles. The van der Waals surface area contributed by atoms with Crippen LogP contribution < -0.4 is 5.32 Å². The lowest BCUT2D eigenvalue weighted by Gasteiger charge is -2.24. The van der Waals surface area contributed by atoms with Gasteiger partial charge in [-0.05, 0) is 47.8 Å². The maximum Gasteiger partial charge on any atom is 0.254 e. The van der Waals surface area contributed by atoms with E-state index < -0.39 is 0 Å². The first-order valence-corrected chi connectivity index (χ1v) is 7.96. The smallest absolute Gasteiger partial charge is 0.254 e. The summed E-state index contributed by atoms with van der Waals surface area (Å²) in [6, 6.07) is 3.67. The molecule has 1 aromatic rings. The average molecular weight is 341 g/mol. The van der Waals surface area contributed by atoms with E-state index in [1.54, 1.807) is 6.07 Å². The second-order valence-electron chi connectivity index (χ2n) is 5.45. The van der Waals surface area contributed by atoms with Crippen LogP contribution in [0.3, 0.4) is 0 Å². The number of nitrogens with one attached hydrogen (secondary N) is 1. The molecule has 1 amide bonds. The normalized spacial score (nSPS) is 23.1. The summed E-state index contributed by atoms with van der Waals surface area (Å²) in [4.78, 5) is 16.6. The Morgan fingerprint density at radius 3 is 2.85 bits per heavy atom. The zero-order valence-electron chi connectivity index (χ0n) is 11.7. The maximum atomic E-state index is 12.4. The molecule has 20 heavy (non-hydrogen) atoms. The van der Waals surface area contributed by atoms with E-state index >= 15 is 0 Å². The zero-order valence-corrected chi connectivity index (χ0v) is 13.3. The molecule has 5 heteroatoms. The summed E-state index contributed by atoms with van der Waals surface area (Å²) >= 11 is 3.34. The van der Waals surface area contributed by atoms with Crippen molar-refractivity contribution in [3.63, 3.8) is 0 Å². The summed E-state index contributed by atoms with van der Waals surface area (Å²) in [5.41, 5.74) is 1.42. The predicted molar refractivity (Wildman–Crippen MR) is 81.6 cm³/mol. The van der Waals surface area contributed by atoms with Gasteiger partial charge in [-0.3, -0.25) is 4.79 Å². The minimum Gasteiger partial charge on any atom is -0.396 e. The Morgan fingerprint density at radius 1 is 1.40 bits per heavy atom. The third kappa shape index (κ3) is 3.79. The monoisotopic (exact) mass is 340 g/mol. The van der Waals surface area contributed by atoms with Gasteiger partial charge in [0.1, 0.15) is 4.60 Å². The Labute approximate surface area is 128 Å². The van der Waals surface area contributed by atoms with Crippen molar-refractivity contribution in [2.45, 2.75) is 45.1 Å². The van der Waals surface area contributed by atoms with E-state index in [1.165, 1.54) is 6.42 Å². The van der Waals surface area contributed by atoms with Gasteiger partial charge in [-0.2, -0.15) is 0 Å². The van der Waals surface area contributed by atoms with Crippen molar-refractivity contribution in [3.05, 3.63) is 28.0 Å². The molecule has 1 aromatic heterocycles. The SMILES string of the molecule is Cc1ccc(C(=O)NC2CCCCCC2CO)c(Br)n1. The first kappa shape index (κ1) is 15.4. The molecular weight excluding hydrogens is 320 g/mol. The summed E-state index contributed by atoms with van der Waals surface area (Å²) < 4.78 is 0.573. The molecule has 1 saturated carbocycles. The van der Waals surface area contributed by atoms with Gasteiger partial charge < -0.3 is 10.4 Å². The number of nitrogens with zero attached hydrogens (tertiary/aromatic N) is 1. The second-order valence-corrected chi connectivity index (χ2v) is 6.20. The zero-order chi connectivity index (χ0) is 14.5. The number of pyridine rings is 1. The van der Waals surface area contributed by atoms with E-state index in [0.29, 0.717) is 10.2 Å². The van der Waals surface area contributed by atoms with Gasteiger partial charge >= 0.3 is 0 Å². The number of aliphatic hydroxyl groups excluding tert-OH is 1. The number of hydrogen-bond donors (Lipinski definition) is 2. The highest BCUT2D eigenvalue weighted by Crippen LogP contribution is 2.24. The molecule has 0 aromatic carbocycles. The van der Waals surface area contributed by atoms with Crippen molar-refractivity contribution in [1.82, 2.24) is 10.3 Å². The van der Waals surface area contributed by atoms with Crippen LogP contribution in [0.1, 0.15) is 48.2 Å². The summed E-state index contributed by atoms with van der Waals surface area (Å²) in [6.45, 7) is 2.03. The molecule has 0 radical (unpaired) electrons. The van der Waals surface area contributed by atoms with Gasteiger partial charge in [0.15, 0.2) is 0 Å². The highest BCUT2D eigenvalue weighted by Gasteiger charge is 2.25. The van der Waals surface area contributed by atoms with Gasteiger partial charge in [0.2, 0.25) is 0 Å². The summed E-state index contributed by atoms with van der Waals surface area (Å²) in [5, 5.41) is 12.6. The fourth-order valence-corrected chi connectivity index (χ4v) is 3.33. The van der Waals surface area contributed by atoms with Crippen LogP contribution in [0.4, 0.5) is 0 Å². The van der Waals surface area contributed by atoms with Crippen molar-refractivity contribution < 1.29 is 9.90 Å². The number of halogens is 1. The highest BCUT2D eigenvalue weighted by molar-refractivity contribution is 9.10. The number of carbonyl (C=O) groups is 1. The summed E-state index contributed by atoms with van der Waals surface area (Å²) in [7, 11) is 0. The van der Waals surface area contributed by atoms with Gasteiger partial charge in [-0.25, -0.2) is 4.98 Å². The maximum absolute atomic E-state index is 12.4.